The van der Waals surface area contributed by atoms with Crippen molar-refractivity contribution in [2.24, 2.45) is 0 Å². The van der Waals surface area contributed by atoms with E-state index in [1.54, 1.807) is 0 Å². The first-order valence-electron chi connectivity index (χ1n) is 12.3. The van der Waals surface area contributed by atoms with E-state index in [1.165, 1.54) is 0 Å². The highest BCUT2D eigenvalue weighted by atomic mass is 16.3. The molecule has 2 aliphatic heterocycles. The van der Waals surface area contributed by atoms with Gasteiger partial charge in [-0.05, 0) is 39.4 Å². The second-order valence-electron chi connectivity index (χ2n) is 9.97. The van der Waals surface area contributed by atoms with Crippen LogP contribution < -0.4 is 11.3 Å². The summed E-state index contributed by atoms with van der Waals surface area (Å²) in [6.45, 7) is 8.35. The number of carbonyl (C=O) groups excluding carboxylic acids is 1. The number of furan rings is 1. The van der Waals surface area contributed by atoms with Crippen LogP contribution in [0.2, 0.25) is 0 Å². The summed E-state index contributed by atoms with van der Waals surface area (Å²) in [7, 11) is 2.07. The molecule has 2 amide bonds. The van der Waals surface area contributed by atoms with E-state index in [4.69, 9.17) is 15.2 Å². The molecule has 11 heteroatoms. The van der Waals surface area contributed by atoms with Gasteiger partial charge in [0.15, 0.2) is 17.1 Å². The molecule has 5 heterocycles. The van der Waals surface area contributed by atoms with Crippen LogP contribution in [0.4, 0.5) is 10.6 Å². The molecule has 4 aromatic rings. The van der Waals surface area contributed by atoms with Gasteiger partial charge in [-0.15, -0.1) is 0 Å². The Labute approximate surface area is 207 Å². The predicted molar refractivity (Wildman–Crippen MR) is 137 cm³/mol. The third-order valence-corrected chi connectivity index (χ3v) is 7.52. The number of amides is 2. The van der Waals surface area contributed by atoms with Gasteiger partial charge in [-0.25, -0.2) is 9.89 Å². The highest BCUT2D eigenvalue weighted by Crippen LogP contribution is 2.40. The smallest absolute Gasteiger partial charge is 0.320 e. The van der Waals surface area contributed by atoms with Crippen LogP contribution in [-0.4, -0.2) is 87.0 Å². The number of rotatable bonds is 2. The third-order valence-electron chi connectivity index (χ3n) is 7.52. The van der Waals surface area contributed by atoms with E-state index in [9.17, 15) is 9.59 Å². The third kappa shape index (κ3) is 3.53. The SMILES string of the molecule is Cc1ccc2oc(-c3c4c(N)n[nH]c(=O)c4nn3C3CCN(C(=O)N4CCN(C)CC4)C3)c(C)c2c1. The van der Waals surface area contributed by atoms with E-state index in [-0.39, 0.29) is 23.4 Å². The Balaban J connectivity index is 1.43. The number of likely N-dealkylation sites (N-methyl/N-ethyl adjacent to an activating group) is 1. The quantitative estimate of drug-likeness (QED) is 0.441. The van der Waals surface area contributed by atoms with Crippen molar-refractivity contribution in [2.45, 2.75) is 26.3 Å². The number of aromatic nitrogens is 4. The second-order valence-corrected chi connectivity index (χ2v) is 9.97. The molecule has 1 aromatic carbocycles. The first-order valence-corrected chi connectivity index (χ1v) is 12.3. The Morgan fingerprint density at radius 3 is 2.69 bits per heavy atom. The normalized spacial score (nSPS) is 19.1. The molecular formula is C25H30N8O3. The van der Waals surface area contributed by atoms with Gasteiger partial charge in [-0.3, -0.25) is 9.48 Å². The molecule has 2 aliphatic rings. The first-order chi connectivity index (χ1) is 17.3. The maximum atomic E-state index is 13.2. The second kappa shape index (κ2) is 8.37. The van der Waals surface area contributed by atoms with Gasteiger partial charge in [0.05, 0.1) is 11.4 Å². The standard InChI is InChI=1S/C25H30N8O3/c1-14-4-5-18-17(12-14)15(2)22(36-18)21-19-20(24(34)28-27-23(19)26)29-33(21)16-6-7-32(13-16)25(35)31-10-8-30(3)9-11-31/h4-5,12,16H,6-11,13H2,1-3H3,(H2,26,27)(H,28,34). The Hall–Kier alpha value is -3.86. The van der Waals surface area contributed by atoms with E-state index in [0.29, 0.717) is 36.4 Å². The van der Waals surface area contributed by atoms with Crippen LogP contribution in [0.5, 0.6) is 0 Å². The Morgan fingerprint density at radius 2 is 1.92 bits per heavy atom. The summed E-state index contributed by atoms with van der Waals surface area (Å²) in [6, 6.07) is 5.96. The summed E-state index contributed by atoms with van der Waals surface area (Å²) >= 11 is 0. The van der Waals surface area contributed by atoms with Gasteiger partial charge in [0, 0.05) is 50.2 Å². The Bertz CT molecular complexity index is 1540. The minimum atomic E-state index is -0.410. The van der Waals surface area contributed by atoms with Gasteiger partial charge >= 0.3 is 6.03 Å². The monoisotopic (exact) mass is 490 g/mol. The average Bonchev–Trinajstić information content (AvgIpc) is 3.58. The van der Waals surface area contributed by atoms with Crippen molar-refractivity contribution in [3.63, 3.8) is 0 Å². The summed E-state index contributed by atoms with van der Waals surface area (Å²) in [4.78, 5) is 31.9. The van der Waals surface area contributed by atoms with Crippen molar-refractivity contribution in [2.75, 3.05) is 52.0 Å². The zero-order chi connectivity index (χ0) is 25.1. The number of urea groups is 1. The largest absolute Gasteiger partial charge is 0.454 e. The van der Waals surface area contributed by atoms with Crippen LogP contribution in [0.3, 0.4) is 0 Å². The minimum Gasteiger partial charge on any atom is -0.454 e. The minimum absolute atomic E-state index is 0.0540. The number of benzene rings is 1. The first kappa shape index (κ1) is 22.6. The van der Waals surface area contributed by atoms with Crippen molar-refractivity contribution < 1.29 is 9.21 Å². The van der Waals surface area contributed by atoms with Gasteiger partial charge in [0.25, 0.3) is 5.56 Å². The maximum absolute atomic E-state index is 13.2. The number of aromatic amines is 1. The number of nitrogen functional groups attached to an aromatic ring is 1. The van der Waals surface area contributed by atoms with Crippen LogP contribution in [0.25, 0.3) is 33.3 Å². The lowest BCUT2D eigenvalue weighted by Crippen LogP contribution is -2.51. The van der Waals surface area contributed by atoms with Gasteiger partial charge in [-0.1, -0.05) is 11.6 Å². The molecular weight excluding hydrogens is 460 g/mol. The van der Waals surface area contributed by atoms with E-state index in [0.717, 1.165) is 48.3 Å². The summed E-state index contributed by atoms with van der Waals surface area (Å²) < 4.78 is 8.16. The van der Waals surface area contributed by atoms with Crippen molar-refractivity contribution in [1.29, 1.82) is 0 Å². The molecule has 0 bridgehead atoms. The van der Waals surface area contributed by atoms with Gasteiger partial charge in [-0.2, -0.15) is 10.2 Å². The van der Waals surface area contributed by atoms with E-state index in [2.05, 4.69) is 28.2 Å². The Morgan fingerprint density at radius 1 is 1.14 bits per heavy atom. The molecule has 0 aliphatic carbocycles. The molecule has 0 saturated carbocycles. The molecule has 11 nitrogen and oxygen atoms in total. The predicted octanol–water partition coefficient (Wildman–Crippen LogP) is 2.35. The topological polar surface area (TPSA) is 130 Å². The van der Waals surface area contributed by atoms with E-state index in [1.807, 2.05) is 40.5 Å². The fraction of sp³-hybridized carbons (Fsp3) is 0.440. The molecule has 0 spiro atoms. The Kier molecular flexibility index (Phi) is 5.25. The van der Waals surface area contributed by atoms with E-state index < -0.39 is 5.56 Å². The number of hydrogen-bond donors (Lipinski definition) is 2. The molecule has 0 radical (unpaired) electrons. The highest BCUT2D eigenvalue weighted by Gasteiger charge is 2.35. The number of nitrogens with one attached hydrogen (secondary N) is 1. The zero-order valence-electron chi connectivity index (χ0n) is 20.7. The molecule has 3 N–H and O–H groups in total. The fourth-order valence-corrected chi connectivity index (χ4v) is 5.41. The van der Waals surface area contributed by atoms with Gasteiger partial charge in [0.2, 0.25) is 0 Å². The number of nitrogens with two attached hydrogens (primary N) is 1. The van der Waals surface area contributed by atoms with Gasteiger partial charge in [0.1, 0.15) is 11.3 Å². The lowest BCUT2D eigenvalue weighted by Gasteiger charge is -2.35. The van der Waals surface area contributed by atoms with Crippen LogP contribution in [-0.2, 0) is 0 Å². The number of aryl methyl sites for hydroxylation is 2. The van der Waals surface area contributed by atoms with Gasteiger partial charge < -0.3 is 24.9 Å². The van der Waals surface area contributed by atoms with E-state index >= 15 is 0 Å². The molecule has 2 saturated heterocycles. The highest BCUT2D eigenvalue weighted by molar-refractivity contribution is 6.01. The van der Waals surface area contributed by atoms with Crippen molar-refractivity contribution in [3.05, 3.63) is 39.7 Å². The molecule has 36 heavy (non-hydrogen) atoms. The van der Waals surface area contributed by atoms with Crippen LogP contribution in [0.15, 0.2) is 27.4 Å². The summed E-state index contributed by atoms with van der Waals surface area (Å²) in [6.07, 6.45) is 0.712. The number of nitrogens with zero attached hydrogens (tertiary/aromatic N) is 6. The van der Waals surface area contributed by atoms with Crippen LogP contribution >= 0.6 is 0 Å². The van der Waals surface area contributed by atoms with Crippen molar-refractivity contribution in [3.8, 4) is 11.5 Å². The number of fused-ring (bicyclic) bond motifs is 2. The number of likely N-dealkylation sites (tertiary alicyclic amines) is 1. The molecule has 6 rings (SSSR count). The van der Waals surface area contributed by atoms with Crippen molar-refractivity contribution in [1.82, 2.24) is 34.7 Å². The number of H-pyrrole nitrogens is 1. The lowest BCUT2D eigenvalue weighted by atomic mass is 10.1. The fourth-order valence-electron chi connectivity index (χ4n) is 5.41. The summed E-state index contributed by atoms with van der Waals surface area (Å²) in [5.41, 5.74) is 9.54. The molecule has 1 atom stereocenters. The molecule has 188 valence electrons. The van der Waals surface area contributed by atoms with Crippen LogP contribution in [0.1, 0.15) is 23.6 Å². The molecule has 1 unspecified atom stereocenters. The zero-order valence-corrected chi connectivity index (χ0v) is 20.7. The van der Waals surface area contributed by atoms with Crippen LogP contribution in [0, 0.1) is 13.8 Å². The number of hydrogen-bond acceptors (Lipinski definition) is 7. The lowest BCUT2D eigenvalue weighted by molar-refractivity contribution is 0.128. The summed E-state index contributed by atoms with van der Waals surface area (Å²) in [5, 5.41) is 12.6. The van der Waals surface area contributed by atoms with Crippen molar-refractivity contribution >= 4 is 33.7 Å². The number of anilines is 1. The average molecular weight is 491 g/mol. The maximum Gasteiger partial charge on any atom is 0.320 e. The molecule has 3 aromatic heterocycles. The summed E-state index contributed by atoms with van der Waals surface area (Å²) in [5.74, 6) is 0.797. The number of carbonyl (C=O) groups is 1. The number of piperazine rings is 1. The molecule has 2 fully saturated rings.